The van der Waals surface area contributed by atoms with Gasteiger partial charge in [0.1, 0.15) is 0 Å². The zero-order valence-corrected chi connectivity index (χ0v) is 16.6. The van der Waals surface area contributed by atoms with Crippen molar-refractivity contribution in [2.45, 2.75) is 19.9 Å². The van der Waals surface area contributed by atoms with Crippen LogP contribution in [0, 0.1) is 6.92 Å². The largest absolute Gasteiger partial charge is 0.351 e. The topological polar surface area (TPSA) is 53.2 Å². The summed E-state index contributed by atoms with van der Waals surface area (Å²) in [5, 5.41) is 12.2. The number of anilines is 1. The fourth-order valence-corrected chi connectivity index (χ4v) is 3.90. The average molecular weight is 388 g/mol. The van der Waals surface area contributed by atoms with Crippen molar-refractivity contribution < 1.29 is 4.79 Å². The van der Waals surface area contributed by atoms with E-state index in [1.165, 1.54) is 0 Å². The molecule has 4 rings (SSSR count). The summed E-state index contributed by atoms with van der Waals surface area (Å²) in [6.45, 7) is 3.86. The first-order chi connectivity index (χ1) is 13.5. The van der Waals surface area contributed by atoms with Gasteiger partial charge in [-0.2, -0.15) is 0 Å². The van der Waals surface area contributed by atoms with E-state index in [1.54, 1.807) is 0 Å². The molecule has 3 aromatic rings. The van der Waals surface area contributed by atoms with Crippen molar-refractivity contribution >= 4 is 39.7 Å². The van der Waals surface area contributed by atoms with E-state index in [9.17, 15) is 4.79 Å². The molecule has 1 amide bonds. The van der Waals surface area contributed by atoms with Crippen LogP contribution in [0.1, 0.15) is 24.1 Å². The quantitative estimate of drug-likeness (QED) is 0.576. The molecule has 1 aliphatic rings. The number of hydrogen-bond acceptors (Lipinski definition) is 2. The van der Waals surface area contributed by atoms with Gasteiger partial charge in [0.2, 0.25) is 0 Å². The van der Waals surface area contributed by atoms with Gasteiger partial charge >= 0.3 is 0 Å². The number of allylic oxidation sites excluding steroid dienone is 1. The van der Waals surface area contributed by atoms with E-state index < -0.39 is 0 Å². The number of rotatable bonds is 3. The average Bonchev–Trinajstić information content (AvgIpc) is 2.68. The summed E-state index contributed by atoms with van der Waals surface area (Å²) in [4.78, 5) is 13.3. The van der Waals surface area contributed by atoms with Gasteiger partial charge < -0.3 is 16.0 Å². The molecule has 0 aliphatic carbocycles. The second kappa shape index (κ2) is 7.44. The molecule has 0 spiro atoms. The molecule has 1 aliphatic heterocycles. The second-order valence-corrected chi connectivity index (χ2v) is 7.32. The van der Waals surface area contributed by atoms with Crippen LogP contribution in [0.4, 0.5) is 5.69 Å². The third-order valence-electron chi connectivity index (χ3n) is 5.04. The molecule has 0 radical (unpaired) electrons. The lowest BCUT2D eigenvalue weighted by Crippen LogP contribution is -2.45. The Hall–Kier alpha value is -3.18. The summed E-state index contributed by atoms with van der Waals surface area (Å²) in [5.74, 6) is -0.146. The van der Waals surface area contributed by atoms with Crippen LogP contribution in [0.2, 0.25) is 0 Å². The van der Waals surface area contributed by atoms with Gasteiger partial charge in [-0.15, -0.1) is 0 Å². The Kier molecular flexibility index (Phi) is 4.84. The van der Waals surface area contributed by atoms with Crippen molar-refractivity contribution in [3.8, 4) is 0 Å². The summed E-state index contributed by atoms with van der Waals surface area (Å²) < 4.78 is 0. The highest BCUT2D eigenvalue weighted by Gasteiger charge is 2.31. The molecule has 140 valence electrons. The molecule has 0 fully saturated rings. The minimum absolute atomic E-state index is 0.146. The highest BCUT2D eigenvalue weighted by atomic mass is 32.1. The van der Waals surface area contributed by atoms with Crippen molar-refractivity contribution in [3.05, 3.63) is 89.1 Å². The highest BCUT2D eigenvalue weighted by molar-refractivity contribution is 7.80. The van der Waals surface area contributed by atoms with Crippen LogP contribution in [0.5, 0.6) is 0 Å². The fourth-order valence-electron chi connectivity index (χ4n) is 3.63. The summed E-state index contributed by atoms with van der Waals surface area (Å²) in [6, 6.07) is 21.7. The SMILES string of the molecule is CC1=C(C(=O)Nc2ccccc2C)[C@@H](c2cccc3ccccc23)NC(=S)N1. The van der Waals surface area contributed by atoms with Crippen molar-refractivity contribution in [1.29, 1.82) is 0 Å². The predicted molar refractivity (Wildman–Crippen MR) is 118 cm³/mol. The Morgan fingerprint density at radius 2 is 1.68 bits per heavy atom. The van der Waals surface area contributed by atoms with Gasteiger partial charge in [-0.05, 0) is 54.0 Å². The van der Waals surface area contributed by atoms with Crippen LogP contribution in [-0.2, 0) is 4.79 Å². The zero-order chi connectivity index (χ0) is 19.7. The summed E-state index contributed by atoms with van der Waals surface area (Å²) in [6.07, 6.45) is 0. The molecule has 5 heteroatoms. The maximum Gasteiger partial charge on any atom is 0.255 e. The Morgan fingerprint density at radius 3 is 2.50 bits per heavy atom. The molecule has 0 bridgehead atoms. The van der Waals surface area contributed by atoms with Crippen molar-refractivity contribution in [2.24, 2.45) is 0 Å². The van der Waals surface area contributed by atoms with Crippen LogP contribution in [0.3, 0.4) is 0 Å². The third kappa shape index (κ3) is 3.37. The lowest BCUT2D eigenvalue weighted by molar-refractivity contribution is -0.113. The predicted octanol–water partition coefficient (Wildman–Crippen LogP) is 4.58. The minimum atomic E-state index is -0.330. The molecule has 1 heterocycles. The van der Waals surface area contributed by atoms with E-state index in [-0.39, 0.29) is 11.9 Å². The highest BCUT2D eigenvalue weighted by Crippen LogP contribution is 2.32. The molecule has 0 unspecified atom stereocenters. The lowest BCUT2D eigenvalue weighted by atomic mass is 9.91. The van der Waals surface area contributed by atoms with Crippen LogP contribution in [-0.4, -0.2) is 11.0 Å². The number of carbonyl (C=O) groups excluding carboxylic acids is 1. The molecule has 28 heavy (non-hydrogen) atoms. The van der Waals surface area contributed by atoms with Crippen LogP contribution < -0.4 is 16.0 Å². The molecule has 1 atom stereocenters. The van der Waals surface area contributed by atoms with E-state index in [0.717, 1.165) is 33.3 Å². The number of para-hydroxylation sites is 1. The maximum absolute atomic E-state index is 13.3. The summed E-state index contributed by atoms with van der Waals surface area (Å²) in [5.41, 5.74) is 4.23. The molecular formula is C23H21N3OS. The smallest absolute Gasteiger partial charge is 0.255 e. The number of amides is 1. The Morgan fingerprint density at radius 1 is 0.964 bits per heavy atom. The first-order valence-corrected chi connectivity index (χ1v) is 9.58. The van der Waals surface area contributed by atoms with Gasteiger partial charge in [0.15, 0.2) is 5.11 Å². The fraction of sp³-hybridized carbons (Fsp3) is 0.130. The number of thiocarbonyl (C=S) groups is 1. The van der Waals surface area contributed by atoms with Gasteiger partial charge in [-0.1, -0.05) is 60.7 Å². The Bertz CT molecular complexity index is 1110. The van der Waals surface area contributed by atoms with Crippen LogP contribution >= 0.6 is 12.2 Å². The molecule has 0 saturated carbocycles. The van der Waals surface area contributed by atoms with E-state index >= 15 is 0 Å². The van der Waals surface area contributed by atoms with Crippen molar-refractivity contribution in [3.63, 3.8) is 0 Å². The van der Waals surface area contributed by atoms with Gasteiger partial charge in [-0.3, -0.25) is 4.79 Å². The number of aryl methyl sites for hydroxylation is 1. The number of benzene rings is 3. The molecular weight excluding hydrogens is 366 g/mol. The number of hydrogen-bond donors (Lipinski definition) is 3. The van der Waals surface area contributed by atoms with Gasteiger partial charge in [0.05, 0.1) is 11.6 Å². The van der Waals surface area contributed by atoms with Gasteiger partial charge in [0.25, 0.3) is 5.91 Å². The van der Waals surface area contributed by atoms with Crippen LogP contribution in [0.25, 0.3) is 10.8 Å². The van der Waals surface area contributed by atoms with Crippen LogP contribution in [0.15, 0.2) is 78.0 Å². The third-order valence-corrected chi connectivity index (χ3v) is 5.26. The zero-order valence-electron chi connectivity index (χ0n) is 15.7. The maximum atomic E-state index is 13.3. The normalized spacial score (nSPS) is 16.5. The van der Waals surface area contributed by atoms with Gasteiger partial charge in [-0.25, -0.2) is 0 Å². The van der Waals surface area contributed by atoms with Crippen molar-refractivity contribution in [1.82, 2.24) is 10.6 Å². The molecule has 0 aromatic heterocycles. The van der Waals surface area contributed by atoms with E-state index in [0.29, 0.717) is 10.7 Å². The first kappa shape index (κ1) is 18.2. The van der Waals surface area contributed by atoms with E-state index in [1.807, 2.05) is 62.4 Å². The van der Waals surface area contributed by atoms with E-state index in [2.05, 4.69) is 34.1 Å². The monoisotopic (exact) mass is 387 g/mol. The molecule has 3 N–H and O–H groups in total. The second-order valence-electron chi connectivity index (χ2n) is 6.91. The standard InChI is InChI=1S/C23H21N3OS/c1-14-8-3-6-13-19(14)25-22(27)20-15(2)24-23(28)26-21(20)18-12-7-10-16-9-4-5-11-17(16)18/h3-13,21H,1-2H3,(H,25,27)(H2,24,26,28)/t21-/m1/s1. The summed E-state index contributed by atoms with van der Waals surface area (Å²) >= 11 is 5.38. The van der Waals surface area contributed by atoms with Crippen molar-refractivity contribution in [2.75, 3.05) is 5.32 Å². The Labute approximate surface area is 169 Å². The molecule has 4 nitrogen and oxygen atoms in total. The number of fused-ring (bicyclic) bond motifs is 1. The number of carbonyl (C=O) groups is 1. The first-order valence-electron chi connectivity index (χ1n) is 9.17. The summed E-state index contributed by atoms with van der Waals surface area (Å²) in [7, 11) is 0. The Balaban J connectivity index is 1.79. The number of nitrogens with one attached hydrogen (secondary N) is 3. The molecule has 0 saturated heterocycles. The lowest BCUT2D eigenvalue weighted by Gasteiger charge is -2.31. The van der Waals surface area contributed by atoms with E-state index in [4.69, 9.17) is 12.2 Å². The minimum Gasteiger partial charge on any atom is -0.351 e. The van der Waals surface area contributed by atoms with Gasteiger partial charge in [0, 0.05) is 11.4 Å². The molecule has 3 aromatic carbocycles.